The van der Waals surface area contributed by atoms with Crippen LogP contribution in [0.15, 0.2) is 54.6 Å². The summed E-state index contributed by atoms with van der Waals surface area (Å²) in [5.74, 6) is 1.67. The lowest BCUT2D eigenvalue weighted by atomic mass is 9.68. The molecule has 5 fully saturated rings. The van der Waals surface area contributed by atoms with Gasteiger partial charge in [-0.25, -0.2) is 0 Å². The minimum atomic E-state index is -1.11. The van der Waals surface area contributed by atoms with E-state index in [1.54, 1.807) is 7.05 Å². The molecular formula is C29H32N2O3. The molecule has 4 bridgehead atoms. The van der Waals surface area contributed by atoms with Crippen molar-refractivity contribution in [2.45, 2.75) is 56.4 Å². The number of rotatable bonds is 4. The van der Waals surface area contributed by atoms with E-state index in [0.29, 0.717) is 12.0 Å². The van der Waals surface area contributed by atoms with Crippen LogP contribution in [0, 0.1) is 17.8 Å². The zero-order valence-corrected chi connectivity index (χ0v) is 19.8. The van der Waals surface area contributed by atoms with Gasteiger partial charge in [0.15, 0.2) is 0 Å². The summed E-state index contributed by atoms with van der Waals surface area (Å²) in [4.78, 5) is 43.3. The first kappa shape index (κ1) is 21.6. The Labute approximate surface area is 201 Å². The monoisotopic (exact) mass is 456 g/mol. The van der Waals surface area contributed by atoms with E-state index in [4.69, 9.17) is 0 Å². The lowest BCUT2D eigenvalue weighted by molar-refractivity contribution is -0.142. The highest BCUT2D eigenvalue weighted by Gasteiger charge is 2.54. The fourth-order valence-electron chi connectivity index (χ4n) is 7.41. The highest BCUT2D eigenvalue weighted by atomic mass is 16.2. The van der Waals surface area contributed by atoms with Crippen molar-refractivity contribution in [3.8, 4) is 11.1 Å². The summed E-state index contributed by atoms with van der Waals surface area (Å²) in [7, 11) is 1.54. The zero-order chi connectivity index (χ0) is 23.4. The Balaban J connectivity index is 1.32. The average Bonchev–Trinajstić information content (AvgIpc) is 2.94. The minimum absolute atomic E-state index is 0.0433. The van der Waals surface area contributed by atoms with Gasteiger partial charge in [-0.1, -0.05) is 54.6 Å². The number of carbonyl (C=O) groups excluding carboxylic acids is 3. The molecule has 176 valence electrons. The van der Waals surface area contributed by atoms with Crippen molar-refractivity contribution in [2.75, 3.05) is 13.6 Å². The van der Waals surface area contributed by atoms with Crippen molar-refractivity contribution in [3.63, 3.8) is 0 Å². The number of carbonyl (C=O) groups is 3. The van der Waals surface area contributed by atoms with Gasteiger partial charge in [0.05, 0.1) is 5.41 Å². The molecule has 2 aromatic rings. The topological polar surface area (TPSA) is 57.7 Å². The summed E-state index contributed by atoms with van der Waals surface area (Å²) in [6, 6.07) is 18.3. The number of likely N-dealkylation sites (tertiary alicyclic amines) is 1. The predicted octanol–water partition coefficient (Wildman–Crippen LogP) is 4.41. The molecule has 0 spiro atoms. The summed E-state index contributed by atoms with van der Waals surface area (Å²) >= 11 is 0. The maximum absolute atomic E-state index is 13.8. The van der Waals surface area contributed by atoms with Gasteiger partial charge in [0.25, 0.3) is 0 Å². The van der Waals surface area contributed by atoms with Crippen LogP contribution in [0.4, 0.5) is 0 Å². The molecule has 0 aromatic heterocycles. The van der Waals surface area contributed by atoms with E-state index in [1.165, 1.54) is 24.2 Å². The van der Waals surface area contributed by atoms with E-state index in [1.807, 2.05) is 54.6 Å². The highest BCUT2D eigenvalue weighted by molar-refractivity contribution is 6.10. The van der Waals surface area contributed by atoms with E-state index in [-0.39, 0.29) is 30.6 Å². The molecule has 3 heterocycles. The molecule has 34 heavy (non-hydrogen) atoms. The van der Waals surface area contributed by atoms with Gasteiger partial charge in [0.2, 0.25) is 17.7 Å². The molecular weight excluding hydrogens is 424 g/mol. The van der Waals surface area contributed by atoms with Crippen molar-refractivity contribution in [3.05, 3.63) is 60.2 Å². The fraction of sp³-hybridized carbons (Fsp3) is 0.483. The predicted molar refractivity (Wildman–Crippen MR) is 130 cm³/mol. The van der Waals surface area contributed by atoms with Crippen LogP contribution in [0.3, 0.4) is 0 Å². The van der Waals surface area contributed by atoms with Crippen molar-refractivity contribution in [2.24, 2.45) is 17.8 Å². The van der Waals surface area contributed by atoms with Gasteiger partial charge in [-0.3, -0.25) is 19.3 Å². The van der Waals surface area contributed by atoms with Gasteiger partial charge in [-0.2, -0.15) is 0 Å². The van der Waals surface area contributed by atoms with Crippen molar-refractivity contribution in [1.29, 1.82) is 0 Å². The Morgan fingerprint density at radius 3 is 2.09 bits per heavy atom. The van der Waals surface area contributed by atoms with E-state index in [0.717, 1.165) is 47.9 Å². The first-order chi connectivity index (χ1) is 16.4. The first-order valence-electron chi connectivity index (χ1n) is 12.7. The van der Waals surface area contributed by atoms with Gasteiger partial charge >= 0.3 is 0 Å². The Hall–Kier alpha value is -2.95. The summed E-state index contributed by atoms with van der Waals surface area (Å²) in [5, 5.41) is 0. The third-order valence-electron chi connectivity index (χ3n) is 8.97. The van der Waals surface area contributed by atoms with E-state index in [9.17, 15) is 14.4 Å². The van der Waals surface area contributed by atoms with Crippen LogP contribution in [0.1, 0.15) is 50.5 Å². The SMILES string of the molecule is CN1C(=O)C[C@@](CC(=O)N2CC3C[C@@H]4CC2C[C@H](C3)C4)(c2ccc(-c3ccccc3)cc2)C1=O. The van der Waals surface area contributed by atoms with Crippen LogP contribution in [0.5, 0.6) is 0 Å². The Morgan fingerprint density at radius 2 is 1.47 bits per heavy atom. The Morgan fingerprint density at radius 1 is 0.853 bits per heavy atom. The molecule has 7 rings (SSSR count). The molecule has 5 heteroatoms. The second-order valence-corrected chi connectivity index (χ2v) is 11.1. The summed E-state index contributed by atoms with van der Waals surface area (Å²) in [6.07, 6.45) is 6.14. The second-order valence-electron chi connectivity index (χ2n) is 11.1. The molecule has 5 nitrogen and oxygen atoms in total. The van der Waals surface area contributed by atoms with Crippen LogP contribution >= 0.6 is 0 Å². The van der Waals surface area contributed by atoms with Gasteiger partial charge in [0, 0.05) is 32.5 Å². The van der Waals surface area contributed by atoms with Gasteiger partial charge in [0.1, 0.15) is 0 Å². The fourth-order valence-corrected chi connectivity index (χ4v) is 7.41. The van der Waals surface area contributed by atoms with E-state index in [2.05, 4.69) is 4.90 Å². The molecule has 0 N–H and O–H groups in total. The summed E-state index contributed by atoms with van der Waals surface area (Å²) in [5.41, 5.74) is 1.81. The van der Waals surface area contributed by atoms with E-state index >= 15 is 0 Å². The molecule has 5 aliphatic rings. The van der Waals surface area contributed by atoms with Crippen LogP contribution < -0.4 is 0 Å². The number of hydrogen-bond acceptors (Lipinski definition) is 3. The number of imide groups is 1. The van der Waals surface area contributed by atoms with E-state index < -0.39 is 5.41 Å². The molecule has 2 unspecified atom stereocenters. The lowest BCUT2D eigenvalue weighted by Crippen LogP contribution is -2.47. The van der Waals surface area contributed by atoms with Gasteiger partial charge < -0.3 is 4.90 Å². The minimum Gasteiger partial charge on any atom is -0.339 e. The number of fused-ring (bicyclic) bond motifs is 1. The maximum atomic E-state index is 13.8. The van der Waals surface area contributed by atoms with Crippen molar-refractivity contribution in [1.82, 2.24) is 9.80 Å². The summed E-state index contributed by atoms with van der Waals surface area (Å²) < 4.78 is 0. The highest BCUT2D eigenvalue weighted by Crippen LogP contribution is 2.48. The molecule has 3 aliphatic heterocycles. The standard InChI is InChI=1S/C29H32N2O3/c1-30-26(32)16-29(28(30)34,24-9-7-23(8-10-24)22-5-3-2-4-6-22)17-27(33)31-18-21-12-19-11-20(13-21)15-25(31)14-19/h2-10,19-21,25H,11-18H2,1H3/t19-,20+,21?,25?,29-/m1/s1. The second kappa shape index (κ2) is 8.07. The van der Waals surface area contributed by atoms with Gasteiger partial charge in [-0.05, 0) is 66.5 Å². The molecule has 3 saturated heterocycles. The lowest BCUT2D eigenvalue weighted by Gasteiger charge is -2.39. The van der Waals surface area contributed by atoms with Crippen LogP contribution in [0.2, 0.25) is 0 Å². The van der Waals surface area contributed by atoms with Crippen molar-refractivity contribution < 1.29 is 14.4 Å². The number of amides is 3. The number of nitrogens with zero attached hydrogens (tertiary/aromatic N) is 2. The largest absolute Gasteiger partial charge is 0.339 e. The number of likely N-dealkylation sites (N-methyl/N-ethyl adjacent to an activating group) is 1. The third-order valence-corrected chi connectivity index (χ3v) is 8.97. The third kappa shape index (κ3) is 3.48. The maximum Gasteiger partial charge on any atom is 0.240 e. The van der Waals surface area contributed by atoms with Crippen LogP contribution in [-0.2, 0) is 19.8 Å². The first-order valence-corrected chi connectivity index (χ1v) is 12.7. The summed E-state index contributed by atoms with van der Waals surface area (Å²) in [6.45, 7) is 0.817. The van der Waals surface area contributed by atoms with Gasteiger partial charge in [-0.15, -0.1) is 0 Å². The average molecular weight is 457 g/mol. The number of benzene rings is 2. The quantitative estimate of drug-likeness (QED) is 0.641. The number of hydrogen-bond donors (Lipinski definition) is 0. The van der Waals surface area contributed by atoms with Crippen molar-refractivity contribution >= 4 is 17.7 Å². The molecule has 0 radical (unpaired) electrons. The van der Waals surface area contributed by atoms with Crippen LogP contribution in [0.25, 0.3) is 11.1 Å². The molecule has 2 aliphatic carbocycles. The smallest absolute Gasteiger partial charge is 0.240 e. The molecule has 2 saturated carbocycles. The van der Waals surface area contributed by atoms with Crippen LogP contribution in [-0.4, -0.2) is 47.2 Å². The molecule has 5 atom stereocenters. The molecule has 2 aromatic carbocycles. The molecule has 3 amide bonds. The Kier molecular flexibility index (Phi) is 5.12. The normalized spacial score (nSPS) is 32.4. The Bertz CT molecular complexity index is 1110. The zero-order valence-electron chi connectivity index (χ0n) is 19.8.